The van der Waals surface area contributed by atoms with Crippen molar-refractivity contribution >= 4 is 32.9 Å². The normalized spacial score (nSPS) is 10.7. The van der Waals surface area contributed by atoms with Crippen molar-refractivity contribution in [3.63, 3.8) is 0 Å². The van der Waals surface area contributed by atoms with E-state index >= 15 is 0 Å². The fraction of sp³-hybridized carbons (Fsp3) is 0.0769. The molecule has 0 spiro atoms. The maximum absolute atomic E-state index is 11.3. The maximum Gasteiger partial charge on any atom is 0.337 e. The van der Waals surface area contributed by atoms with Crippen LogP contribution in [0.2, 0.25) is 0 Å². The molecule has 0 aliphatic rings. The van der Waals surface area contributed by atoms with Crippen LogP contribution in [0.3, 0.4) is 0 Å². The van der Waals surface area contributed by atoms with Crippen LogP contribution < -0.4 is 5.32 Å². The Bertz CT molecular complexity index is 800. The first-order valence-corrected chi connectivity index (χ1v) is 6.74. The molecule has 0 atom stereocenters. The molecule has 1 aromatic carbocycles. The molecule has 0 saturated heterocycles. The summed E-state index contributed by atoms with van der Waals surface area (Å²) < 4.78 is 0.983. The van der Waals surface area contributed by atoms with E-state index in [0.717, 1.165) is 15.6 Å². The number of nitrogens with one attached hydrogen (secondary N) is 1. The van der Waals surface area contributed by atoms with Gasteiger partial charge in [0, 0.05) is 17.3 Å². The van der Waals surface area contributed by atoms with Gasteiger partial charge in [-0.05, 0) is 16.8 Å². The monoisotopic (exact) mass is 286 g/mol. The third-order valence-corrected chi connectivity index (χ3v) is 3.94. The number of nitrogens with zero attached hydrogens (tertiary/aromatic N) is 3. The number of thiophene rings is 1. The quantitative estimate of drug-likeness (QED) is 0.590. The summed E-state index contributed by atoms with van der Waals surface area (Å²) in [6.45, 7) is 0. The van der Waals surface area contributed by atoms with Gasteiger partial charge in [-0.3, -0.25) is 10.1 Å². The van der Waals surface area contributed by atoms with Gasteiger partial charge in [-0.2, -0.15) is 0 Å². The van der Waals surface area contributed by atoms with Crippen molar-refractivity contribution in [2.45, 2.75) is 0 Å². The predicted molar refractivity (Wildman–Crippen MR) is 79.1 cm³/mol. The molecule has 0 fully saturated rings. The van der Waals surface area contributed by atoms with Gasteiger partial charge in [-0.15, -0.1) is 11.3 Å². The average Bonchev–Trinajstić information content (AvgIpc) is 2.94. The second kappa shape index (κ2) is 4.86. The molecule has 0 unspecified atom stereocenters. The molecular weight excluding hydrogens is 276 g/mol. The number of fused-ring (bicyclic) bond motifs is 1. The minimum atomic E-state index is -0.451. The van der Waals surface area contributed by atoms with Gasteiger partial charge >= 0.3 is 5.69 Å². The topological polar surface area (TPSA) is 81.0 Å². The number of aromatic nitrogens is 2. The van der Waals surface area contributed by atoms with E-state index in [1.807, 2.05) is 29.6 Å². The smallest absolute Gasteiger partial charge is 0.337 e. The summed E-state index contributed by atoms with van der Waals surface area (Å²) in [5.74, 6) is 0.216. The van der Waals surface area contributed by atoms with Crippen molar-refractivity contribution < 1.29 is 4.92 Å². The summed E-state index contributed by atoms with van der Waals surface area (Å²) in [7, 11) is 1.60. The Labute approximate surface area is 118 Å². The molecule has 2 aromatic heterocycles. The molecule has 3 aromatic rings. The van der Waals surface area contributed by atoms with Crippen LogP contribution in [-0.2, 0) is 0 Å². The lowest BCUT2D eigenvalue weighted by atomic mass is 10.1. The van der Waals surface area contributed by atoms with E-state index in [2.05, 4.69) is 15.3 Å². The number of hydrogen-bond donors (Lipinski definition) is 1. The van der Waals surface area contributed by atoms with E-state index in [1.165, 1.54) is 17.7 Å². The molecule has 20 heavy (non-hydrogen) atoms. The second-order valence-electron chi connectivity index (χ2n) is 4.07. The van der Waals surface area contributed by atoms with Gasteiger partial charge in [0.05, 0.1) is 4.92 Å². The first-order chi connectivity index (χ1) is 9.72. The lowest BCUT2D eigenvalue weighted by Gasteiger charge is -2.06. The van der Waals surface area contributed by atoms with E-state index in [-0.39, 0.29) is 11.5 Å². The molecule has 0 aliphatic heterocycles. The summed E-state index contributed by atoms with van der Waals surface area (Å²) in [4.78, 5) is 18.9. The van der Waals surface area contributed by atoms with E-state index in [4.69, 9.17) is 0 Å². The van der Waals surface area contributed by atoms with Crippen LogP contribution in [0, 0.1) is 10.1 Å². The summed E-state index contributed by atoms with van der Waals surface area (Å²) >= 11 is 1.54. The van der Waals surface area contributed by atoms with E-state index in [9.17, 15) is 10.1 Å². The molecule has 100 valence electrons. The van der Waals surface area contributed by atoms with Gasteiger partial charge in [0.2, 0.25) is 5.82 Å². The highest BCUT2D eigenvalue weighted by molar-refractivity contribution is 7.17. The van der Waals surface area contributed by atoms with Crippen LogP contribution in [0.15, 0.2) is 36.0 Å². The molecule has 0 aliphatic carbocycles. The summed E-state index contributed by atoms with van der Waals surface area (Å²) in [6, 6.07) is 7.67. The molecule has 3 rings (SSSR count). The van der Waals surface area contributed by atoms with Crippen LogP contribution >= 0.6 is 11.3 Å². The van der Waals surface area contributed by atoms with Crippen molar-refractivity contribution in [3.05, 3.63) is 46.1 Å². The van der Waals surface area contributed by atoms with Crippen molar-refractivity contribution in [1.82, 2.24) is 9.97 Å². The predicted octanol–water partition coefficient (Wildman–Crippen LogP) is 3.31. The highest BCUT2D eigenvalue weighted by Gasteiger charge is 2.24. The van der Waals surface area contributed by atoms with E-state index < -0.39 is 4.92 Å². The molecule has 0 bridgehead atoms. The third-order valence-electron chi connectivity index (χ3n) is 2.98. The Balaban J connectivity index is 2.34. The highest BCUT2D eigenvalue weighted by Crippen LogP contribution is 2.38. The molecular formula is C13H10N4O2S. The van der Waals surface area contributed by atoms with Crippen LogP contribution in [0.5, 0.6) is 0 Å². The summed E-state index contributed by atoms with van der Waals surface area (Å²) in [5.41, 5.74) is 0.987. The average molecular weight is 286 g/mol. The molecule has 0 amide bonds. The number of hydrogen-bond acceptors (Lipinski definition) is 6. The summed E-state index contributed by atoms with van der Waals surface area (Å²) in [6.07, 6.45) is 1.33. The van der Waals surface area contributed by atoms with Crippen LogP contribution in [0.25, 0.3) is 21.3 Å². The second-order valence-corrected chi connectivity index (χ2v) is 4.99. The SMILES string of the molecule is CNc1ncnc(-c2cccc3ccsc23)c1[N+](=O)[O-]. The molecule has 2 heterocycles. The molecule has 0 saturated carbocycles. The Morgan fingerprint density at radius 1 is 1.30 bits per heavy atom. The maximum atomic E-state index is 11.3. The van der Waals surface area contributed by atoms with Gasteiger partial charge < -0.3 is 5.32 Å². The zero-order valence-electron chi connectivity index (χ0n) is 10.5. The zero-order valence-corrected chi connectivity index (χ0v) is 11.3. The largest absolute Gasteiger partial charge is 0.367 e. The van der Waals surface area contributed by atoms with Gasteiger partial charge in [0.25, 0.3) is 0 Å². The van der Waals surface area contributed by atoms with Crippen molar-refractivity contribution in [3.8, 4) is 11.3 Å². The van der Waals surface area contributed by atoms with Gasteiger partial charge in [-0.25, -0.2) is 9.97 Å². The Kier molecular flexibility index (Phi) is 3.03. The lowest BCUT2D eigenvalue weighted by Crippen LogP contribution is -2.03. The number of rotatable bonds is 3. The molecule has 0 radical (unpaired) electrons. The molecule has 7 heteroatoms. The van der Waals surface area contributed by atoms with Crippen LogP contribution in [0.1, 0.15) is 0 Å². The zero-order chi connectivity index (χ0) is 14.1. The van der Waals surface area contributed by atoms with Crippen molar-refractivity contribution in [2.24, 2.45) is 0 Å². The van der Waals surface area contributed by atoms with Crippen LogP contribution in [0.4, 0.5) is 11.5 Å². The Morgan fingerprint density at radius 3 is 2.90 bits per heavy atom. The standard InChI is InChI=1S/C13H10N4O2S/c1-14-13-11(17(18)19)10(15-7-16-13)9-4-2-3-8-5-6-20-12(8)9/h2-7H,1H3,(H,14,15,16). The Morgan fingerprint density at radius 2 is 2.15 bits per heavy atom. The van der Waals surface area contributed by atoms with E-state index in [1.54, 1.807) is 7.05 Å². The first-order valence-electron chi connectivity index (χ1n) is 5.86. The number of benzene rings is 1. The fourth-order valence-corrected chi connectivity index (χ4v) is 3.03. The minimum Gasteiger partial charge on any atom is -0.367 e. The van der Waals surface area contributed by atoms with Gasteiger partial charge in [0.15, 0.2) is 5.69 Å². The Hall–Kier alpha value is -2.54. The highest BCUT2D eigenvalue weighted by atomic mass is 32.1. The van der Waals surface area contributed by atoms with Crippen LogP contribution in [-0.4, -0.2) is 21.9 Å². The molecule has 6 nitrogen and oxygen atoms in total. The van der Waals surface area contributed by atoms with Gasteiger partial charge in [-0.1, -0.05) is 18.2 Å². The third kappa shape index (κ3) is 1.88. The number of nitro groups is 1. The van der Waals surface area contributed by atoms with Crippen molar-refractivity contribution in [1.29, 1.82) is 0 Å². The van der Waals surface area contributed by atoms with Crippen molar-refractivity contribution in [2.75, 3.05) is 12.4 Å². The molecule has 1 N–H and O–H groups in total. The van der Waals surface area contributed by atoms with E-state index in [0.29, 0.717) is 5.69 Å². The van der Waals surface area contributed by atoms with Gasteiger partial charge in [0.1, 0.15) is 6.33 Å². The lowest BCUT2D eigenvalue weighted by molar-refractivity contribution is -0.383. The fourth-order valence-electron chi connectivity index (χ4n) is 2.11. The first kappa shape index (κ1) is 12.5. The minimum absolute atomic E-state index is 0.101. The summed E-state index contributed by atoms with van der Waals surface area (Å²) in [5, 5.41) is 17.1. The number of anilines is 1.